The van der Waals surface area contributed by atoms with Gasteiger partial charge in [-0.1, -0.05) is 78.6 Å². The lowest BCUT2D eigenvalue weighted by molar-refractivity contribution is 0.255. The lowest BCUT2D eigenvalue weighted by Crippen LogP contribution is -2.14. The SMILES string of the molecule is CCCC1CCC(CC)CCCCC1CC. The minimum absolute atomic E-state index is 1.04. The van der Waals surface area contributed by atoms with Crippen LogP contribution in [0.5, 0.6) is 0 Å². The van der Waals surface area contributed by atoms with Gasteiger partial charge in [0.05, 0.1) is 0 Å². The van der Waals surface area contributed by atoms with Crippen LogP contribution in [-0.4, -0.2) is 0 Å². The molecule has 1 rings (SSSR count). The zero-order chi connectivity index (χ0) is 11.8. The molecule has 3 atom stereocenters. The third-order valence-corrected chi connectivity index (χ3v) is 4.81. The molecule has 16 heavy (non-hydrogen) atoms. The molecule has 3 unspecified atom stereocenters. The third-order valence-electron chi connectivity index (χ3n) is 4.81. The highest BCUT2D eigenvalue weighted by molar-refractivity contribution is 4.73. The highest BCUT2D eigenvalue weighted by Gasteiger charge is 2.22. The molecule has 0 saturated heterocycles. The first-order valence-electron chi connectivity index (χ1n) is 7.81. The van der Waals surface area contributed by atoms with Crippen molar-refractivity contribution >= 4 is 0 Å². The minimum atomic E-state index is 1.04. The summed E-state index contributed by atoms with van der Waals surface area (Å²) < 4.78 is 0. The van der Waals surface area contributed by atoms with Crippen LogP contribution in [0.1, 0.15) is 85.0 Å². The van der Waals surface area contributed by atoms with Crippen LogP contribution in [0, 0.1) is 17.8 Å². The minimum Gasteiger partial charge on any atom is -0.0654 e. The molecule has 0 nitrogen and oxygen atoms in total. The van der Waals surface area contributed by atoms with Crippen LogP contribution in [0.25, 0.3) is 0 Å². The van der Waals surface area contributed by atoms with E-state index in [9.17, 15) is 0 Å². The van der Waals surface area contributed by atoms with Gasteiger partial charge in [0, 0.05) is 0 Å². The molecule has 0 aromatic rings. The molecule has 0 radical (unpaired) electrons. The van der Waals surface area contributed by atoms with E-state index in [1.165, 1.54) is 64.2 Å². The number of hydrogen-bond donors (Lipinski definition) is 0. The zero-order valence-electron chi connectivity index (χ0n) is 11.8. The second kappa shape index (κ2) is 8.14. The van der Waals surface area contributed by atoms with Gasteiger partial charge >= 0.3 is 0 Å². The van der Waals surface area contributed by atoms with Crippen LogP contribution in [0.2, 0.25) is 0 Å². The fraction of sp³-hybridized carbons (Fsp3) is 1.00. The van der Waals surface area contributed by atoms with E-state index in [-0.39, 0.29) is 0 Å². The van der Waals surface area contributed by atoms with Crippen molar-refractivity contribution < 1.29 is 0 Å². The summed E-state index contributed by atoms with van der Waals surface area (Å²) in [6.45, 7) is 7.15. The Bertz CT molecular complexity index is 161. The van der Waals surface area contributed by atoms with Gasteiger partial charge in [-0.15, -0.1) is 0 Å². The van der Waals surface area contributed by atoms with Gasteiger partial charge < -0.3 is 0 Å². The summed E-state index contributed by atoms with van der Waals surface area (Å²) in [5, 5.41) is 0. The van der Waals surface area contributed by atoms with Crippen molar-refractivity contribution in [1.82, 2.24) is 0 Å². The first kappa shape index (κ1) is 14.1. The Hall–Kier alpha value is 0. The summed E-state index contributed by atoms with van der Waals surface area (Å²) in [6.07, 6.45) is 14.7. The van der Waals surface area contributed by atoms with E-state index in [2.05, 4.69) is 20.8 Å². The quantitative estimate of drug-likeness (QED) is 0.565. The Morgan fingerprint density at radius 2 is 1.50 bits per heavy atom. The first-order chi connectivity index (χ1) is 7.81. The van der Waals surface area contributed by atoms with E-state index in [0.717, 1.165) is 17.8 Å². The van der Waals surface area contributed by atoms with E-state index >= 15 is 0 Å². The summed E-state index contributed by atoms with van der Waals surface area (Å²) in [6, 6.07) is 0. The van der Waals surface area contributed by atoms with E-state index in [0.29, 0.717) is 0 Å². The number of hydrogen-bond acceptors (Lipinski definition) is 0. The fourth-order valence-electron chi connectivity index (χ4n) is 3.60. The molecule has 0 heteroatoms. The van der Waals surface area contributed by atoms with Crippen LogP contribution in [-0.2, 0) is 0 Å². The van der Waals surface area contributed by atoms with Crippen molar-refractivity contribution in [2.24, 2.45) is 17.8 Å². The normalized spacial score (nSPS) is 32.8. The monoisotopic (exact) mass is 224 g/mol. The van der Waals surface area contributed by atoms with Crippen molar-refractivity contribution in [1.29, 1.82) is 0 Å². The molecule has 0 N–H and O–H groups in total. The molecule has 0 aromatic heterocycles. The topological polar surface area (TPSA) is 0 Å². The molecule has 1 fully saturated rings. The lowest BCUT2D eigenvalue weighted by atomic mass is 9.80. The van der Waals surface area contributed by atoms with E-state index in [1.54, 1.807) is 0 Å². The molecule has 0 amide bonds. The summed E-state index contributed by atoms with van der Waals surface area (Å²) >= 11 is 0. The second-order valence-corrected chi connectivity index (χ2v) is 5.85. The number of rotatable bonds is 4. The molecule has 1 aliphatic rings. The van der Waals surface area contributed by atoms with Crippen LogP contribution in [0.3, 0.4) is 0 Å². The van der Waals surface area contributed by atoms with Crippen LogP contribution < -0.4 is 0 Å². The first-order valence-corrected chi connectivity index (χ1v) is 7.81. The fourth-order valence-corrected chi connectivity index (χ4v) is 3.60. The summed E-state index contributed by atoms with van der Waals surface area (Å²) in [5.41, 5.74) is 0. The van der Waals surface area contributed by atoms with Crippen molar-refractivity contribution in [2.75, 3.05) is 0 Å². The van der Waals surface area contributed by atoms with Crippen LogP contribution in [0.4, 0.5) is 0 Å². The molecule has 1 saturated carbocycles. The Morgan fingerprint density at radius 1 is 0.750 bits per heavy atom. The Labute approximate surface area is 103 Å². The maximum atomic E-state index is 2.41. The maximum absolute atomic E-state index is 2.41. The smallest absolute Gasteiger partial charge is 0.0386 e. The zero-order valence-corrected chi connectivity index (χ0v) is 11.8. The Kier molecular flexibility index (Phi) is 7.16. The molecule has 0 aromatic carbocycles. The third kappa shape index (κ3) is 4.47. The Morgan fingerprint density at radius 3 is 2.12 bits per heavy atom. The van der Waals surface area contributed by atoms with Crippen molar-refractivity contribution in [3.05, 3.63) is 0 Å². The van der Waals surface area contributed by atoms with Crippen LogP contribution in [0.15, 0.2) is 0 Å². The van der Waals surface area contributed by atoms with Gasteiger partial charge in [0.1, 0.15) is 0 Å². The van der Waals surface area contributed by atoms with Gasteiger partial charge in [-0.25, -0.2) is 0 Å². The highest BCUT2D eigenvalue weighted by Crippen LogP contribution is 2.34. The summed E-state index contributed by atoms with van der Waals surface area (Å²) in [7, 11) is 0. The van der Waals surface area contributed by atoms with Gasteiger partial charge in [0.2, 0.25) is 0 Å². The van der Waals surface area contributed by atoms with Gasteiger partial charge in [0.15, 0.2) is 0 Å². The second-order valence-electron chi connectivity index (χ2n) is 5.85. The maximum Gasteiger partial charge on any atom is -0.0386 e. The molecule has 0 aliphatic heterocycles. The lowest BCUT2D eigenvalue weighted by Gasteiger charge is -2.26. The molecule has 0 spiro atoms. The molecule has 0 bridgehead atoms. The summed E-state index contributed by atoms with van der Waals surface area (Å²) in [4.78, 5) is 0. The highest BCUT2D eigenvalue weighted by atomic mass is 14.3. The predicted octanol–water partition coefficient (Wildman–Crippen LogP) is 5.81. The van der Waals surface area contributed by atoms with Crippen molar-refractivity contribution in [2.45, 2.75) is 85.0 Å². The van der Waals surface area contributed by atoms with Gasteiger partial charge in [0.25, 0.3) is 0 Å². The average molecular weight is 224 g/mol. The largest absolute Gasteiger partial charge is 0.0654 e. The molecule has 0 heterocycles. The van der Waals surface area contributed by atoms with Crippen molar-refractivity contribution in [3.8, 4) is 0 Å². The molecule has 96 valence electrons. The van der Waals surface area contributed by atoms with E-state index in [4.69, 9.17) is 0 Å². The molecule has 1 aliphatic carbocycles. The standard InChI is InChI=1S/C16H32/c1-4-9-16-13-12-14(5-2)10-7-8-11-15(16)6-3/h14-16H,4-13H2,1-3H3. The predicted molar refractivity (Wildman–Crippen MR) is 73.7 cm³/mol. The van der Waals surface area contributed by atoms with Crippen molar-refractivity contribution in [3.63, 3.8) is 0 Å². The van der Waals surface area contributed by atoms with E-state index < -0.39 is 0 Å². The van der Waals surface area contributed by atoms with Gasteiger partial charge in [-0.05, 0) is 24.2 Å². The van der Waals surface area contributed by atoms with Crippen LogP contribution >= 0.6 is 0 Å². The van der Waals surface area contributed by atoms with Gasteiger partial charge in [-0.2, -0.15) is 0 Å². The molecular formula is C16H32. The van der Waals surface area contributed by atoms with E-state index in [1.807, 2.05) is 0 Å². The average Bonchev–Trinajstić information content (AvgIpc) is 2.40. The summed E-state index contributed by atoms with van der Waals surface area (Å²) in [5.74, 6) is 3.12. The van der Waals surface area contributed by atoms with Gasteiger partial charge in [-0.3, -0.25) is 0 Å². The molecular weight excluding hydrogens is 192 g/mol. The Balaban J connectivity index is 2.53.